The molecule has 0 radical (unpaired) electrons. The van der Waals surface area contributed by atoms with Crippen LogP contribution >= 0.6 is 11.8 Å². The molecule has 2 heterocycles. The Labute approximate surface area is 128 Å². The number of para-hydroxylation sites is 1. The molecule has 0 aliphatic carbocycles. The minimum Gasteiger partial charge on any atom is -0.496 e. The Morgan fingerprint density at radius 2 is 2.33 bits per heavy atom. The standard InChI is InChI=1S/C15H19N3O2S/c1-19-13-5-3-2-4-11(13)8-14-17-15(20-18-14)9-12-10-21-7-6-16-12/h2-5,12,16H,6-10H2,1H3. The van der Waals surface area contributed by atoms with Gasteiger partial charge in [-0.1, -0.05) is 23.4 Å². The molecular formula is C15H19N3O2S. The second kappa shape index (κ2) is 6.95. The number of methoxy groups -OCH3 is 1. The molecule has 6 heteroatoms. The van der Waals surface area contributed by atoms with Crippen LogP contribution in [0.3, 0.4) is 0 Å². The van der Waals surface area contributed by atoms with Crippen LogP contribution in [0.25, 0.3) is 0 Å². The Morgan fingerprint density at radius 1 is 1.43 bits per heavy atom. The molecule has 1 aromatic carbocycles. The van der Waals surface area contributed by atoms with E-state index < -0.39 is 0 Å². The van der Waals surface area contributed by atoms with Crippen molar-refractivity contribution < 1.29 is 9.26 Å². The molecule has 2 aromatic rings. The Bertz CT molecular complexity index is 582. The van der Waals surface area contributed by atoms with E-state index in [1.807, 2.05) is 36.0 Å². The van der Waals surface area contributed by atoms with Crippen LogP contribution in [0.1, 0.15) is 17.3 Å². The summed E-state index contributed by atoms with van der Waals surface area (Å²) in [5, 5.41) is 7.55. The maximum Gasteiger partial charge on any atom is 0.228 e. The minimum absolute atomic E-state index is 0.434. The van der Waals surface area contributed by atoms with Gasteiger partial charge in [-0.3, -0.25) is 0 Å². The minimum atomic E-state index is 0.434. The normalized spacial score (nSPS) is 18.6. The second-order valence-electron chi connectivity index (χ2n) is 5.02. The smallest absolute Gasteiger partial charge is 0.228 e. The van der Waals surface area contributed by atoms with Gasteiger partial charge in [-0.2, -0.15) is 16.7 Å². The van der Waals surface area contributed by atoms with E-state index in [1.54, 1.807) is 7.11 Å². The Hall–Kier alpha value is -1.53. The highest BCUT2D eigenvalue weighted by atomic mass is 32.2. The van der Waals surface area contributed by atoms with E-state index >= 15 is 0 Å². The zero-order chi connectivity index (χ0) is 14.5. The Balaban J connectivity index is 1.64. The predicted molar refractivity (Wildman–Crippen MR) is 82.9 cm³/mol. The van der Waals surface area contributed by atoms with E-state index in [1.165, 1.54) is 5.75 Å². The van der Waals surface area contributed by atoms with E-state index in [-0.39, 0.29) is 0 Å². The van der Waals surface area contributed by atoms with Crippen molar-refractivity contribution in [2.45, 2.75) is 18.9 Å². The van der Waals surface area contributed by atoms with Gasteiger partial charge in [-0.15, -0.1) is 0 Å². The van der Waals surface area contributed by atoms with Crippen LogP contribution in [0.2, 0.25) is 0 Å². The number of thioether (sulfide) groups is 1. The largest absolute Gasteiger partial charge is 0.496 e. The van der Waals surface area contributed by atoms with Crippen molar-refractivity contribution in [2.24, 2.45) is 0 Å². The zero-order valence-corrected chi connectivity index (χ0v) is 12.9. The summed E-state index contributed by atoms with van der Waals surface area (Å²) in [6.45, 7) is 1.05. The average molecular weight is 305 g/mol. The van der Waals surface area contributed by atoms with Gasteiger partial charge < -0.3 is 14.6 Å². The zero-order valence-electron chi connectivity index (χ0n) is 12.0. The predicted octanol–water partition coefficient (Wildman–Crippen LogP) is 1.92. The van der Waals surface area contributed by atoms with Gasteiger partial charge in [0.15, 0.2) is 5.82 Å². The molecule has 1 atom stereocenters. The first-order valence-corrected chi connectivity index (χ1v) is 8.25. The van der Waals surface area contributed by atoms with Gasteiger partial charge in [0.05, 0.1) is 7.11 Å². The van der Waals surface area contributed by atoms with Crippen molar-refractivity contribution >= 4 is 11.8 Å². The van der Waals surface area contributed by atoms with Crippen molar-refractivity contribution in [3.8, 4) is 5.75 Å². The molecule has 0 amide bonds. The molecule has 112 valence electrons. The van der Waals surface area contributed by atoms with E-state index in [4.69, 9.17) is 9.26 Å². The summed E-state index contributed by atoms with van der Waals surface area (Å²) in [4.78, 5) is 4.49. The highest BCUT2D eigenvalue weighted by Crippen LogP contribution is 2.20. The Kier molecular flexibility index (Phi) is 4.77. The van der Waals surface area contributed by atoms with E-state index in [9.17, 15) is 0 Å². The lowest BCUT2D eigenvalue weighted by molar-refractivity contribution is 0.359. The molecule has 1 fully saturated rings. The van der Waals surface area contributed by atoms with Gasteiger partial charge in [0.2, 0.25) is 5.89 Å². The van der Waals surface area contributed by atoms with Gasteiger partial charge in [-0.25, -0.2) is 0 Å². The molecule has 3 rings (SSSR count). The highest BCUT2D eigenvalue weighted by Gasteiger charge is 2.17. The van der Waals surface area contributed by atoms with Gasteiger partial charge in [0, 0.05) is 42.5 Å². The fourth-order valence-corrected chi connectivity index (χ4v) is 3.37. The molecule has 5 nitrogen and oxygen atoms in total. The van der Waals surface area contributed by atoms with Crippen LogP contribution in [0.4, 0.5) is 0 Å². The molecule has 1 N–H and O–H groups in total. The monoisotopic (exact) mass is 305 g/mol. The third kappa shape index (κ3) is 3.77. The molecule has 21 heavy (non-hydrogen) atoms. The molecule has 1 unspecified atom stereocenters. The fourth-order valence-electron chi connectivity index (χ4n) is 2.43. The second-order valence-corrected chi connectivity index (χ2v) is 6.17. The lowest BCUT2D eigenvalue weighted by atomic mass is 10.1. The number of ether oxygens (including phenoxy) is 1. The summed E-state index contributed by atoms with van der Waals surface area (Å²) in [6, 6.07) is 8.34. The van der Waals surface area contributed by atoms with Crippen molar-refractivity contribution in [1.82, 2.24) is 15.5 Å². The molecule has 0 spiro atoms. The van der Waals surface area contributed by atoms with Crippen molar-refractivity contribution in [2.75, 3.05) is 25.2 Å². The van der Waals surface area contributed by atoms with E-state index in [0.29, 0.717) is 24.2 Å². The lowest BCUT2D eigenvalue weighted by Gasteiger charge is -2.21. The van der Waals surface area contributed by atoms with Gasteiger partial charge in [0.1, 0.15) is 5.75 Å². The summed E-state index contributed by atoms with van der Waals surface area (Å²) < 4.78 is 10.7. The number of aromatic nitrogens is 2. The van der Waals surface area contributed by atoms with Crippen molar-refractivity contribution in [3.05, 3.63) is 41.5 Å². The first kappa shape index (κ1) is 14.4. The summed E-state index contributed by atoms with van der Waals surface area (Å²) in [7, 11) is 1.67. The summed E-state index contributed by atoms with van der Waals surface area (Å²) in [5.41, 5.74) is 1.07. The molecular weight excluding hydrogens is 286 g/mol. The SMILES string of the molecule is COc1ccccc1Cc1noc(CC2CSCCN2)n1. The summed E-state index contributed by atoms with van der Waals surface area (Å²) in [5.74, 6) is 4.55. The number of benzene rings is 1. The van der Waals surface area contributed by atoms with Crippen LogP contribution in [-0.4, -0.2) is 41.3 Å². The van der Waals surface area contributed by atoms with Crippen LogP contribution in [0, 0.1) is 0 Å². The first-order chi connectivity index (χ1) is 10.3. The maximum absolute atomic E-state index is 5.36. The van der Waals surface area contributed by atoms with Crippen LogP contribution < -0.4 is 10.1 Å². The van der Waals surface area contributed by atoms with Crippen molar-refractivity contribution in [1.29, 1.82) is 0 Å². The quantitative estimate of drug-likeness (QED) is 0.910. The lowest BCUT2D eigenvalue weighted by Crippen LogP contribution is -2.38. The maximum atomic E-state index is 5.36. The number of hydrogen-bond acceptors (Lipinski definition) is 6. The van der Waals surface area contributed by atoms with Crippen molar-refractivity contribution in [3.63, 3.8) is 0 Å². The molecule has 1 saturated heterocycles. The van der Waals surface area contributed by atoms with E-state index in [2.05, 4.69) is 15.5 Å². The molecule has 0 saturated carbocycles. The summed E-state index contributed by atoms with van der Waals surface area (Å²) >= 11 is 1.97. The number of nitrogens with one attached hydrogen (secondary N) is 1. The Morgan fingerprint density at radius 3 is 3.14 bits per heavy atom. The van der Waals surface area contributed by atoms with Gasteiger partial charge in [0.25, 0.3) is 0 Å². The number of rotatable bonds is 5. The third-order valence-corrected chi connectivity index (χ3v) is 4.60. The van der Waals surface area contributed by atoms with Crippen LogP contribution in [0.5, 0.6) is 5.75 Å². The fraction of sp³-hybridized carbons (Fsp3) is 0.467. The van der Waals surface area contributed by atoms with E-state index in [0.717, 1.165) is 30.0 Å². The molecule has 1 aliphatic heterocycles. The summed E-state index contributed by atoms with van der Waals surface area (Å²) in [6.07, 6.45) is 1.42. The molecule has 1 aromatic heterocycles. The highest BCUT2D eigenvalue weighted by molar-refractivity contribution is 7.99. The molecule has 0 bridgehead atoms. The van der Waals surface area contributed by atoms with Crippen LogP contribution in [0.15, 0.2) is 28.8 Å². The first-order valence-electron chi connectivity index (χ1n) is 7.09. The number of hydrogen-bond donors (Lipinski definition) is 1. The number of nitrogens with zero attached hydrogens (tertiary/aromatic N) is 2. The van der Waals surface area contributed by atoms with Gasteiger partial charge >= 0.3 is 0 Å². The average Bonchev–Trinajstić information content (AvgIpc) is 2.96. The topological polar surface area (TPSA) is 60.2 Å². The molecule has 1 aliphatic rings. The van der Waals surface area contributed by atoms with Crippen LogP contribution in [-0.2, 0) is 12.8 Å². The third-order valence-electron chi connectivity index (χ3n) is 3.47. The van der Waals surface area contributed by atoms with Gasteiger partial charge in [-0.05, 0) is 6.07 Å².